The van der Waals surface area contributed by atoms with E-state index in [1.165, 1.54) is 32.1 Å². The van der Waals surface area contributed by atoms with Gasteiger partial charge in [0.25, 0.3) is 0 Å². The van der Waals surface area contributed by atoms with Crippen molar-refractivity contribution in [1.82, 2.24) is 5.32 Å². The zero-order valence-corrected chi connectivity index (χ0v) is 12.1. The lowest BCUT2D eigenvalue weighted by molar-refractivity contribution is 0.265. The normalized spacial score (nSPS) is 25.2. The molecule has 1 N–H and O–H groups in total. The maximum atomic E-state index is 3.49. The zero-order chi connectivity index (χ0) is 12.7. The van der Waals surface area contributed by atoms with Crippen molar-refractivity contribution in [2.75, 3.05) is 13.1 Å². The molecular formula is C16H29N. The van der Waals surface area contributed by atoms with E-state index in [-0.39, 0.29) is 5.41 Å². The van der Waals surface area contributed by atoms with Gasteiger partial charge in [-0.25, -0.2) is 0 Å². The molecule has 0 spiro atoms. The Morgan fingerprint density at radius 1 is 1.06 bits per heavy atom. The summed E-state index contributed by atoms with van der Waals surface area (Å²) in [6.07, 6.45) is 7.08. The molecule has 0 bridgehead atoms. The third-order valence-electron chi connectivity index (χ3n) is 3.65. The van der Waals surface area contributed by atoms with E-state index in [1.807, 2.05) is 0 Å². The highest BCUT2D eigenvalue weighted by Gasteiger charge is 2.19. The van der Waals surface area contributed by atoms with E-state index in [1.54, 1.807) is 0 Å². The lowest BCUT2D eigenvalue weighted by atomic mass is 9.81. The molecule has 1 saturated carbocycles. The average molecular weight is 235 g/mol. The maximum Gasteiger partial charge on any atom is 0.0576 e. The minimum atomic E-state index is 0.140. The van der Waals surface area contributed by atoms with E-state index in [0.717, 1.165) is 24.9 Å². The molecule has 1 aliphatic carbocycles. The monoisotopic (exact) mass is 235 g/mol. The van der Waals surface area contributed by atoms with E-state index in [9.17, 15) is 0 Å². The van der Waals surface area contributed by atoms with Crippen LogP contribution in [0.1, 0.15) is 59.8 Å². The Balaban J connectivity index is 2.09. The fourth-order valence-corrected chi connectivity index (χ4v) is 2.49. The highest BCUT2D eigenvalue weighted by molar-refractivity contribution is 5.08. The summed E-state index contributed by atoms with van der Waals surface area (Å²) < 4.78 is 0. The van der Waals surface area contributed by atoms with Crippen molar-refractivity contribution in [2.24, 2.45) is 17.3 Å². The first kappa shape index (κ1) is 14.6. The molecule has 0 aliphatic heterocycles. The minimum Gasteiger partial charge on any atom is -0.306 e. The number of rotatable bonds is 4. The van der Waals surface area contributed by atoms with E-state index in [2.05, 4.69) is 44.9 Å². The first-order valence-corrected chi connectivity index (χ1v) is 7.22. The molecule has 0 heterocycles. The minimum absolute atomic E-state index is 0.140. The Morgan fingerprint density at radius 3 is 2.18 bits per heavy atom. The van der Waals surface area contributed by atoms with Gasteiger partial charge in [-0.2, -0.15) is 0 Å². The van der Waals surface area contributed by atoms with Crippen molar-refractivity contribution in [2.45, 2.75) is 59.8 Å². The highest BCUT2D eigenvalue weighted by atomic mass is 14.8. The fraction of sp³-hybridized carbons (Fsp3) is 0.875. The molecule has 1 heteroatoms. The summed E-state index contributed by atoms with van der Waals surface area (Å²) in [5, 5.41) is 3.49. The van der Waals surface area contributed by atoms with Gasteiger partial charge in [-0.15, -0.1) is 0 Å². The quantitative estimate of drug-likeness (QED) is 0.576. The summed E-state index contributed by atoms with van der Waals surface area (Å²) in [7, 11) is 0. The maximum absolute atomic E-state index is 3.49. The van der Waals surface area contributed by atoms with Gasteiger partial charge in [-0.05, 0) is 52.0 Å². The van der Waals surface area contributed by atoms with Gasteiger partial charge in [-0.3, -0.25) is 0 Å². The van der Waals surface area contributed by atoms with Gasteiger partial charge in [0, 0.05) is 5.41 Å². The second-order valence-corrected chi connectivity index (χ2v) is 6.48. The molecule has 1 nitrogen and oxygen atoms in total. The molecule has 98 valence electrons. The Bertz CT molecular complexity index is 255. The third kappa shape index (κ3) is 6.74. The third-order valence-corrected chi connectivity index (χ3v) is 3.65. The Morgan fingerprint density at radius 2 is 1.65 bits per heavy atom. The van der Waals surface area contributed by atoms with Gasteiger partial charge < -0.3 is 5.32 Å². The van der Waals surface area contributed by atoms with Gasteiger partial charge in [0.2, 0.25) is 0 Å². The first-order valence-electron chi connectivity index (χ1n) is 7.22. The van der Waals surface area contributed by atoms with E-state index >= 15 is 0 Å². The van der Waals surface area contributed by atoms with Crippen LogP contribution in [0.25, 0.3) is 0 Å². The van der Waals surface area contributed by atoms with Crippen LogP contribution < -0.4 is 5.32 Å². The van der Waals surface area contributed by atoms with E-state index < -0.39 is 0 Å². The van der Waals surface area contributed by atoms with Crippen LogP contribution in [0.5, 0.6) is 0 Å². The standard InChI is InChI=1S/C16H29N/c1-5-14-7-9-15(10-8-14)13-17-12-6-11-16(2,3)4/h14-15,17H,5,7-10,12-13H2,1-4H3. The largest absolute Gasteiger partial charge is 0.306 e. The SMILES string of the molecule is CCC1CCC(CNCC#CC(C)(C)C)CC1. The van der Waals surface area contributed by atoms with Crippen LogP contribution in [-0.4, -0.2) is 13.1 Å². The topological polar surface area (TPSA) is 12.0 Å². The molecule has 17 heavy (non-hydrogen) atoms. The smallest absolute Gasteiger partial charge is 0.0576 e. The van der Waals surface area contributed by atoms with Crippen molar-refractivity contribution in [3.8, 4) is 11.8 Å². The van der Waals surface area contributed by atoms with Crippen molar-refractivity contribution in [3.63, 3.8) is 0 Å². The van der Waals surface area contributed by atoms with Crippen molar-refractivity contribution in [1.29, 1.82) is 0 Å². The molecule has 1 aliphatic rings. The van der Waals surface area contributed by atoms with Gasteiger partial charge in [-0.1, -0.05) is 38.0 Å². The molecule has 1 fully saturated rings. The van der Waals surface area contributed by atoms with Crippen LogP contribution in [0.2, 0.25) is 0 Å². The van der Waals surface area contributed by atoms with Gasteiger partial charge in [0.05, 0.1) is 6.54 Å². The highest BCUT2D eigenvalue weighted by Crippen LogP contribution is 2.29. The van der Waals surface area contributed by atoms with Gasteiger partial charge >= 0.3 is 0 Å². The molecule has 1 rings (SSSR count). The van der Waals surface area contributed by atoms with Crippen LogP contribution in [0.15, 0.2) is 0 Å². The molecule has 0 atom stereocenters. The molecule has 0 saturated heterocycles. The summed E-state index contributed by atoms with van der Waals surface area (Å²) in [6, 6.07) is 0. The Hall–Kier alpha value is -0.480. The van der Waals surface area contributed by atoms with E-state index in [0.29, 0.717) is 0 Å². The molecule has 0 aromatic heterocycles. The molecule has 0 aromatic carbocycles. The lowest BCUT2D eigenvalue weighted by Gasteiger charge is -2.27. The number of nitrogens with one attached hydrogen (secondary N) is 1. The van der Waals surface area contributed by atoms with Crippen molar-refractivity contribution in [3.05, 3.63) is 0 Å². The Kier molecular flexibility index (Phi) is 6.06. The summed E-state index contributed by atoms with van der Waals surface area (Å²) >= 11 is 0. The van der Waals surface area contributed by atoms with E-state index in [4.69, 9.17) is 0 Å². The average Bonchev–Trinajstić information content (AvgIpc) is 2.28. The Labute approximate surface area is 108 Å². The van der Waals surface area contributed by atoms with Crippen LogP contribution in [0.3, 0.4) is 0 Å². The van der Waals surface area contributed by atoms with Crippen molar-refractivity contribution >= 4 is 0 Å². The van der Waals surface area contributed by atoms with Crippen LogP contribution in [0.4, 0.5) is 0 Å². The summed E-state index contributed by atoms with van der Waals surface area (Å²) in [5.41, 5.74) is 0.140. The predicted octanol–water partition coefficient (Wildman–Crippen LogP) is 3.84. The number of hydrogen-bond acceptors (Lipinski definition) is 1. The van der Waals surface area contributed by atoms with Crippen LogP contribution in [0, 0.1) is 29.1 Å². The second kappa shape index (κ2) is 7.07. The first-order chi connectivity index (χ1) is 8.01. The molecule has 0 aromatic rings. The fourth-order valence-electron chi connectivity index (χ4n) is 2.49. The molecule has 0 amide bonds. The zero-order valence-electron chi connectivity index (χ0n) is 12.1. The number of hydrogen-bond donors (Lipinski definition) is 1. The predicted molar refractivity (Wildman–Crippen MR) is 75.8 cm³/mol. The van der Waals surface area contributed by atoms with Crippen LogP contribution in [-0.2, 0) is 0 Å². The van der Waals surface area contributed by atoms with Gasteiger partial charge in [0.15, 0.2) is 0 Å². The summed E-state index contributed by atoms with van der Waals surface area (Å²) in [4.78, 5) is 0. The molecule has 0 radical (unpaired) electrons. The summed E-state index contributed by atoms with van der Waals surface area (Å²) in [5.74, 6) is 8.39. The van der Waals surface area contributed by atoms with Crippen LogP contribution >= 0.6 is 0 Å². The van der Waals surface area contributed by atoms with Gasteiger partial charge in [0.1, 0.15) is 0 Å². The summed E-state index contributed by atoms with van der Waals surface area (Å²) in [6.45, 7) is 10.8. The lowest BCUT2D eigenvalue weighted by Crippen LogP contribution is -2.26. The molecule has 0 unspecified atom stereocenters. The van der Waals surface area contributed by atoms with Crippen molar-refractivity contribution < 1.29 is 0 Å². The molecular weight excluding hydrogens is 206 g/mol. The second-order valence-electron chi connectivity index (χ2n) is 6.48.